The van der Waals surface area contributed by atoms with Crippen LogP contribution in [-0.2, 0) is 10.0 Å². The Labute approximate surface area is 193 Å². The van der Waals surface area contributed by atoms with Crippen LogP contribution in [-0.4, -0.2) is 46.5 Å². The first kappa shape index (κ1) is 25.1. The highest BCUT2D eigenvalue weighted by molar-refractivity contribution is 7.92. The van der Waals surface area contributed by atoms with Gasteiger partial charge in [0.15, 0.2) is 0 Å². The molecule has 31 heavy (non-hydrogen) atoms. The van der Waals surface area contributed by atoms with Gasteiger partial charge in [0.05, 0.1) is 30.0 Å². The van der Waals surface area contributed by atoms with Crippen LogP contribution >= 0.6 is 23.2 Å². The average molecular weight is 489 g/mol. The monoisotopic (exact) mass is 488 g/mol. The van der Waals surface area contributed by atoms with Crippen LogP contribution in [0, 0.1) is 0 Å². The fourth-order valence-corrected chi connectivity index (χ4v) is 4.75. The Bertz CT molecular complexity index is 1040. The summed E-state index contributed by atoms with van der Waals surface area (Å²) in [4.78, 5) is 14.3. The topological polar surface area (TPSA) is 84.9 Å². The van der Waals surface area contributed by atoms with Crippen LogP contribution in [0.5, 0.6) is 11.5 Å². The van der Waals surface area contributed by atoms with E-state index >= 15 is 0 Å². The number of amides is 1. The van der Waals surface area contributed by atoms with Gasteiger partial charge in [0, 0.05) is 24.7 Å². The lowest BCUT2D eigenvalue weighted by molar-refractivity contribution is 0.0762. The van der Waals surface area contributed by atoms with Crippen molar-refractivity contribution < 1.29 is 22.7 Å². The predicted molar refractivity (Wildman–Crippen MR) is 123 cm³/mol. The number of anilines is 1. The highest BCUT2D eigenvalue weighted by Gasteiger charge is 2.24. The summed E-state index contributed by atoms with van der Waals surface area (Å²) in [5.41, 5.74) is 0.349. The third-order valence-electron chi connectivity index (χ3n) is 4.64. The molecular weight excluding hydrogens is 463 g/mol. The standard InChI is InChI=1S/C21H26Cl2N2O5S/c1-5-7-10-25(6-2)21(26)14-8-9-15(22)20(11-14)31(27,28)24-17-12-16(23)18(29-3)13-19(17)30-4/h8-9,11-13,24H,5-7,10H2,1-4H3. The van der Waals surface area contributed by atoms with Gasteiger partial charge >= 0.3 is 0 Å². The number of hydrogen-bond acceptors (Lipinski definition) is 5. The first-order chi connectivity index (χ1) is 14.7. The Morgan fingerprint density at radius 2 is 1.71 bits per heavy atom. The van der Waals surface area contributed by atoms with Gasteiger partial charge in [-0.05, 0) is 37.6 Å². The predicted octanol–water partition coefficient (Wildman–Crippen LogP) is 5.07. The molecule has 7 nitrogen and oxygen atoms in total. The second-order valence-electron chi connectivity index (χ2n) is 6.68. The van der Waals surface area contributed by atoms with Crippen LogP contribution < -0.4 is 14.2 Å². The molecule has 0 saturated heterocycles. The van der Waals surface area contributed by atoms with Crippen molar-refractivity contribution in [2.45, 2.75) is 31.6 Å². The molecule has 170 valence electrons. The van der Waals surface area contributed by atoms with Crippen molar-refractivity contribution in [2.75, 3.05) is 32.0 Å². The summed E-state index contributed by atoms with van der Waals surface area (Å²) in [7, 11) is -1.32. The molecule has 0 radical (unpaired) electrons. The SMILES string of the molecule is CCCCN(CC)C(=O)c1ccc(Cl)c(S(=O)(=O)Nc2cc(Cl)c(OC)cc2OC)c1. The van der Waals surface area contributed by atoms with Gasteiger partial charge in [0.25, 0.3) is 15.9 Å². The maximum absolute atomic E-state index is 13.1. The zero-order valence-corrected chi connectivity index (χ0v) is 20.2. The molecule has 0 bridgehead atoms. The van der Waals surface area contributed by atoms with Crippen molar-refractivity contribution >= 4 is 44.8 Å². The van der Waals surface area contributed by atoms with E-state index < -0.39 is 10.0 Å². The number of methoxy groups -OCH3 is 2. The molecule has 1 N–H and O–H groups in total. The molecule has 0 aliphatic heterocycles. The number of benzene rings is 2. The van der Waals surface area contributed by atoms with Gasteiger partial charge in [-0.3, -0.25) is 9.52 Å². The summed E-state index contributed by atoms with van der Waals surface area (Å²) < 4.78 is 39.0. The fraction of sp³-hybridized carbons (Fsp3) is 0.381. The molecule has 10 heteroatoms. The van der Waals surface area contributed by atoms with Crippen molar-refractivity contribution in [3.63, 3.8) is 0 Å². The molecule has 2 aromatic rings. The van der Waals surface area contributed by atoms with Gasteiger partial charge in [-0.15, -0.1) is 0 Å². The van der Waals surface area contributed by atoms with Crippen LogP contribution in [0.2, 0.25) is 10.0 Å². The lowest BCUT2D eigenvalue weighted by Crippen LogP contribution is -2.32. The number of hydrogen-bond donors (Lipinski definition) is 1. The van der Waals surface area contributed by atoms with E-state index in [4.69, 9.17) is 32.7 Å². The second-order valence-corrected chi connectivity index (χ2v) is 9.14. The Balaban J connectivity index is 2.43. The second kappa shape index (κ2) is 10.9. The van der Waals surface area contributed by atoms with Gasteiger partial charge in [0.1, 0.15) is 16.4 Å². The number of nitrogens with one attached hydrogen (secondary N) is 1. The molecule has 0 atom stereocenters. The highest BCUT2D eigenvalue weighted by atomic mass is 35.5. The molecule has 0 aliphatic carbocycles. The number of unbranched alkanes of at least 4 members (excludes halogenated alkanes) is 1. The molecule has 1 amide bonds. The van der Waals surface area contributed by atoms with Crippen molar-refractivity contribution in [1.29, 1.82) is 0 Å². The Kier molecular flexibility index (Phi) is 8.85. The molecular formula is C21H26Cl2N2O5S. The van der Waals surface area contributed by atoms with Gasteiger partial charge < -0.3 is 14.4 Å². The number of carbonyl (C=O) groups is 1. The summed E-state index contributed by atoms with van der Waals surface area (Å²) in [6.45, 7) is 5.03. The summed E-state index contributed by atoms with van der Waals surface area (Å²) in [6, 6.07) is 7.04. The zero-order valence-electron chi connectivity index (χ0n) is 17.9. The van der Waals surface area contributed by atoms with Crippen LogP contribution in [0.3, 0.4) is 0 Å². The van der Waals surface area contributed by atoms with E-state index in [1.54, 1.807) is 4.90 Å². The molecule has 0 aromatic heterocycles. The fourth-order valence-electron chi connectivity index (χ4n) is 2.92. The quantitative estimate of drug-likeness (QED) is 0.504. The van der Waals surface area contributed by atoms with E-state index in [0.29, 0.717) is 18.8 Å². The summed E-state index contributed by atoms with van der Waals surface area (Å²) >= 11 is 12.3. The lowest BCUT2D eigenvalue weighted by Gasteiger charge is -2.21. The van der Waals surface area contributed by atoms with E-state index in [2.05, 4.69) is 4.72 Å². The van der Waals surface area contributed by atoms with Crippen molar-refractivity contribution in [3.8, 4) is 11.5 Å². The largest absolute Gasteiger partial charge is 0.495 e. The third-order valence-corrected chi connectivity index (χ3v) is 6.78. The van der Waals surface area contributed by atoms with Gasteiger partial charge in [-0.1, -0.05) is 36.5 Å². The normalized spacial score (nSPS) is 11.2. The van der Waals surface area contributed by atoms with Crippen LogP contribution in [0.15, 0.2) is 35.2 Å². The Morgan fingerprint density at radius 1 is 1.03 bits per heavy atom. The number of sulfonamides is 1. The molecule has 0 heterocycles. The highest BCUT2D eigenvalue weighted by Crippen LogP contribution is 2.37. The van der Waals surface area contributed by atoms with E-state index in [9.17, 15) is 13.2 Å². The van der Waals surface area contributed by atoms with Crippen molar-refractivity contribution in [2.24, 2.45) is 0 Å². The number of rotatable bonds is 10. The van der Waals surface area contributed by atoms with E-state index in [1.165, 1.54) is 44.6 Å². The third kappa shape index (κ3) is 5.96. The van der Waals surface area contributed by atoms with Crippen molar-refractivity contribution in [1.82, 2.24) is 4.90 Å². The van der Waals surface area contributed by atoms with Gasteiger partial charge in [0.2, 0.25) is 0 Å². The molecule has 0 fully saturated rings. The minimum Gasteiger partial charge on any atom is -0.495 e. The minimum absolute atomic E-state index is 0.0146. The zero-order chi connectivity index (χ0) is 23.2. The smallest absolute Gasteiger partial charge is 0.263 e. The first-order valence-corrected chi connectivity index (χ1v) is 12.0. The summed E-state index contributed by atoms with van der Waals surface area (Å²) in [5.74, 6) is 0.290. The summed E-state index contributed by atoms with van der Waals surface area (Å²) in [5, 5.41) is 0.185. The summed E-state index contributed by atoms with van der Waals surface area (Å²) in [6.07, 6.45) is 1.80. The van der Waals surface area contributed by atoms with Crippen LogP contribution in [0.4, 0.5) is 5.69 Å². The number of ether oxygens (including phenoxy) is 2. The number of carbonyl (C=O) groups excluding carboxylic acids is 1. The molecule has 2 rings (SSSR count). The van der Waals surface area contributed by atoms with Gasteiger partial charge in [-0.2, -0.15) is 0 Å². The van der Waals surface area contributed by atoms with Crippen LogP contribution in [0.1, 0.15) is 37.0 Å². The Morgan fingerprint density at radius 3 is 2.29 bits per heavy atom. The average Bonchev–Trinajstić information content (AvgIpc) is 2.74. The minimum atomic E-state index is -4.15. The van der Waals surface area contributed by atoms with E-state index in [0.717, 1.165) is 12.8 Å². The number of halogens is 2. The molecule has 0 spiro atoms. The maximum atomic E-state index is 13.1. The Hall–Kier alpha value is -2.16. The van der Waals surface area contributed by atoms with Crippen molar-refractivity contribution in [3.05, 3.63) is 45.9 Å². The first-order valence-electron chi connectivity index (χ1n) is 9.71. The maximum Gasteiger partial charge on any atom is 0.263 e. The molecule has 2 aromatic carbocycles. The molecule has 0 unspecified atom stereocenters. The lowest BCUT2D eigenvalue weighted by atomic mass is 10.2. The van der Waals surface area contributed by atoms with Crippen LogP contribution in [0.25, 0.3) is 0 Å². The van der Waals surface area contributed by atoms with E-state index in [1.807, 2.05) is 13.8 Å². The molecule has 0 saturated carbocycles. The van der Waals surface area contributed by atoms with Gasteiger partial charge in [-0.25, -0.2) is 8.42 Å². The van der Waals surface area contributed by atoms with E-state index in [-0.39, 0.29) is 37.8 Å². The number of nitrogens with zero attached hydrogens (tertiary/aromatic N) is 1. The molecule has 0 aliphatic rings.